The number of phosphoric ester groups is 1. The van der Waals surface area contributed by atoms with Crippen molar-refractivity contribution in [2.75, 3.05) is 54.0 Å². The van der Waals surface area contributed by atoms with Crippen LogP contribution in [-0.2, 0) is 14.2 Å². The maximum atomic E-state index is 14.7. The molecule has 3 aliphatic carbocycles. The second-order valence-corrected chi connectivity index (χ2v) is 20.0. The van der Waals surface area contributed by atoms with Crippen LogP contribution in [0.4, 0.5) is 16.2 Å². The third-order valence-corrected chi connectivity index (χ3v) is 15.5. The summed E-state index contributed by atoms with van der Waals surface area (Å²) in [6.45, 7) is 1.11. The zero-order valence-corrected chi connectivity index (χ0v) is 35.8. The van der Waals surface area contributed by atoms with Gasteiger partial charge in [0.05, 0.1) is 22.2 Å². The quantitative estimate of drug-likeness (QED) is 0.0535. The molecule has 5 aliphatic rings. The number of carbonyl (C=O) groups is 3. The predicted molar refractivity (Wildman–Crippen MR) is 232 cm³/mol. The van der Waals surface area contributed by atoms with Crippen molar-refractivity contribution >= 4 is 103 Å². The van der Waals surface area contributed by atoms with Crippen molar-refractivity contribution in [3.8, 4) is 11.5 Å². The maximum Gasteiger partial charge on any atom is 0.524 e. The number of carbonyl (C=O) groups excluding carboxylic acids is 3. The Labute approximate surface area is 358 Å². The Morgan fingerprint density at radius 3 is 1.83 bits per heavy atom. The molecule has 5 aromatic rings. The minimum Gasteiger partial charge on any atom is -0.409 e. The van der Waals surface area contributed by atoms with Crippen molar-refractivity contribution < 1.29 is 38.0 Å². The lowest BCUT2D eigenvalue weighted by Crippen LogP contribution is -2.73. The molecule has 2 unspecified atom stereocenters. The topological polar surface area (TPSA) is 150 Å². The van der Waals surface area contributed by atoms with Gasteiger partial charge in [-0.1, -0.05) is 65.4 Å². The van der Waals surface area contributed by atoms with Gasteiger partial charge in [0.15, 0.2) is 0 Å². The van der Waals surface area contributed by atoms with Gasteiger partial charge in [-0.15, -0.1) is 23.2 Å². The fourth-order valence-electron chi connectivity index (χ4n) is 9.50. The van der Waals surface area contributed by atoms with Crippen LogP contribution in [-0.4, -0.2) is 81.8 Å². The number of ether oxygens (including phenoxy) is 1. The smallest absolute Gasteiger partial charge is 0.409 e. The number of phosphoric acid groups is 1. The summed E-state index contributed by atoms with van der Waals surface area (Å²) in [5.74, 6) is 0.901. The molecule has 3 amide bonds. The second kappa shape index (κ2) is 15.5. The molecule has 2 atom stereocenters. The van der Waals surface area contributed by atoms with Crippen molar-refractivity contribution in [3.05, 3.63) is 96.2 Å². The highest BCUT2D eigenvalue weighted by Crippen LogP contribution is 2.75. The van der Waals surface area contributed by atoms with E-state index in [0.29, 0.717) is 72.5 Å². The third kappa shape index (κ3) is 7.04. The van der Waals surface area contributed by atoms with Gasteiger partial charge in [0, 0.05) is 85.1 Å². The molecule has 0 saturated heterocycles. The normalized spacial score (nSPS) is 22.7. The highest BCUT2D eigenvalue weighted by molar-refractivity contribution is 8.76. The molecule has 3 fully saturated rings. The lowest BCUT2D eigenvalue weighted by atomic mass is 9.34. The Kier molecular flexibility index (Phi) is 10.6. The van der Waals surface area contributed by atoms with Crippen LogP contribution in [0.3, 0.4) is 0 Å². The summed E-state index contributed by atoms with van der Waals surface area (Å²) in [5, 5.41) is 3.72. The lowest BCUT2D eigenvalue weighted by molar-refractivity contribution is -0.204. The minimum absolute atomic E-state index is 0.0228. The van der Waals surface area contributed by atoms with E-state index in [1.807, 2.05) is 54.6 Å². The largest absolute Gasteiger partial charge is 0.524 e. The van der Waals surface area contributed by atoms with Crippen LogP contribution in [0.5, 0.6) is 11.5 Å². The van der Waals surface area contributed by atoms with Gasteiger partial charge in [0.2, 0.25) is 11.8 Å². The summed E-state index contributed by atoms with van der Waals surface area (Å²) in [6, 6.07) is 23.8. The zero-order chi connectivity index (χ0) is 41.3. The van der Waals surface area contributed by atoms with Crippen LogP contribution in [0.2, 0.25) is 0 Å². The Balaban J connectivity index is 0.940. The third-order valence-electron chi connectivity index (χ3n) is 12.1. The van der Waals surface area contributed by atoms with Gasteiger partial charge >= 0.3 is 13.9 Å². The molecule has 3 heterocycles. The van der Waals surface area contributed by atoms with E-state index in [0.717, 1.165) is 26.9 Å². The average Bonchev–Trinajstić information content (AvgIpc) is 3.77. The molecule has 59 heavy (non-hydrogen) atoms. The monoisotopic (exact) mass is 892 g/mol. The minimum atomic E-state index is -4.92. The van der Waals surface area contributed by atoms with Crippen LogP contribution in [0.15, 0.2) is 90.1 Å². The molecule has 2 aliphatic heterocycles. The van der Waals surface area contributed by atoms with Crippen LogP contribution in [0, 0.1) is 10.8 Å². The number of pyridine rings is 1. The number of aromatic nitrogens is 1. The number of alkyl halides is 2. The van der Waals surface area contributed by atoms with Crippen LogP contribution < -0.4 is 19.1 Å². The molecule has 12 nitrogen and oxygen atoms in total. The summed E-state index contributed by atoms with van der Waals surface area (Å²) in [7, 11) is -0.0876. The van der Waals surface area contributed by atoms with Crippen molar-refractivity contribution in [2.24, 2.45) is 10.8 Å². The molecule has 3 saturated carbocycles. The molecular formula is C42H39Cl2N4O8PS2. The number of anilines is 2. The Hall–Kier alpha value is -4.01. The van der Waals surface area contributed by atoms with Gasteiger partial charge < -0.3 is 24.0 Å². The van der Waals surface area contributed by atoms with Crippen LogP contribution in [0.1, 0.15) is 42.2 Å². The Morgan fingerprint density at radius 1 is 0.814 bits per heavy atom. The van der Waals surface area contributed by atoms with Crippen molar-refractivity contribution in [1.29, 1.82) is 0 Å². The van der Waals surface area contributed by atoms with E-state index < -0.39 is 24.7 Å². The van der Waals surface area contributed by atoms with E-state index in [1.165, 1.54) is 11.0 Å². The molecule has 17 heteroatoms. The first-order valence-electron chi connectivity index (χ1n) is 19.1. The van der Waals surface area contributed by atoms with E-state index in [4.69, 9.17) is 32.5 Å². The van der Waals surface area contributed by atoms with E-state index in [-0.39, 0.29) is 41.2 Å². The molecule has 0 radical (unpaired) electrons. The van der Waals surface area contributed by atoms with Gasteiger partial charge in [-0.25, -0.2) is 14.3 Å². The van der Waals surface area contributed by atoms with Crippen molar-refractivity contribution in [3.63, 3.8) is 0 Å². The van der Waals surface area contributed by atoms with E-state index in [9.17, 15) is 28.7 Å². The summed E-state index contributed by atoms with van der Waals surface area (Å²) in [5.41, 5.74) is 1.41. The average molecular weight is 894 g/mol. The fraction of sp³-hybridized carbons (Fsp3) is 0.333. The van der Waals surface area contributed by atoms with Gasteiger partial charge in [-0.2, -0.15) is 0 Å². The second-order valence-electron chi connectivity index (χ2n) is 15.8. The van der Waals surface area contributed by atoms with Crippen LogP contribution in [0.25, 0.3) is 21.5 Å². The summed E-state index contributed by atoms with van der Waals surface area (Å²) in [6.07, 6.45) is 2.32. The number of fused-ring (bicyclic) bond motifs is 6. The predicted octanol–water partition coefficient (Wildman–Crippen LogP) is 8.94. The number of hydrogen-bond acceptors (Lipinski definition) is 9. The number of rotatable bonds is 12. The molecular weight excluding hydrogens is 854 g/mol. The molecule has 10 rings (SSSR count). The van der Waals surface area contributed by atoms with E-state index in [1.54, 1.807) is 62.8 Å². The first-order valence-corrected chi connectivity index (χ1v) is 24.0. The van der Waals surface area contributed by atoms with Gasteiger partial charge in [0.25, 0.3) is 0 Å². The molecule has 4 aromatic carbocycles. The Morgan fingerprint density at radius 2 is 1.32 bits per heavy atom. The van der Waals surface area contributed by atoms with Gasteiger partial charge in [-0.3, -0.25) is 19.4 Å². The molecule has 1 aromatic heterocycles. The number of hydrogen-bond donors (Lipinski definition) is 2. The van der Waals surface area contributed by atoms with E-state index in [2.05, 4.69) is 4.98 Å². The number of amides is 3. The number of halogens is 2. The molecule has 306 valence electrons. The highest BCUT2D eigenvalue weighted by Gasteiger charge is 2.76. The standard InChI is InChI=1S/C42H39Cl2N4O8PS2/c1-46(14-15-58-59-35-12-6-7-13-45-35)40(51)55-33-16-31-36(29-10-4-2-8-27(29)33)25(18-43)20-47(31)38(49)41-22-42(23-41,24-41)39(50)48-21-26(19-44)37-30-11-5-3-9-28(30)34(17-32(37)48)56-57(52,53)54/h2-13,16-17,25-26H,14-15,18-24H2,1H3,(H2,52,53,54). The summed E-state index contributed by atoms with van der Waals surface area (Å²) >= 11 is 13.1. The zero-order valence-electron chi connectivity index (χ0n) is 31.8. The summed E-state index contributed by atoms with van der Waals surface area (Å²) in [4.78, 5) is 71.3. The molecule has 0 spiro atoms. The summed E-state index contributed by atoms with van der Waals surface area (Å²) < 4.78 is 23.1. The van der Waals surface area contributed by atoms with Crippen molar-refractivity contribution in [2.45, 2.75) is 36.1 Å². The number of nitrogens with zero attached hydrogens (tertiary/aromatic N) is 4. The SMILES string of the molecule is CN(CCSSc1ccccn1)C(=O)Oc1cc2c(c3ccccc13)C(CCl)CN2C(=O)C12CC(C(=O)N3CC(CCl)c4c3cc(OP(=O)(O)O)c3ccccc43)(C1)C2. The number of benzene rings is 4. The van der Waals surface area contributed by atoms with E-state index >= 15 is 0 Å². The highest BCUT2D eigenvalue weighted by atomic mass is 35.5. The Bertz CT molecular complexity index is 2560. The van der Waals surface area contributed by atoms with Gasteiger partial charge in [0.1, 0.15) is 16.5 Å². The maximum absolute atomic E-state index is 14.7. The first kappa shape index (κ1) is 40.4. The lowest BCUT2D eigenvalue weighted by Gasteiger charge is -2.69. The van der Waals surface area contributed by atoms with Crippen LogP contribution >= 0.6 is 52.6 Å². The fourth-order valence-corrected chi connectivity index (χ4v) is 12.3. The van der Waals surface area contributed by atoms with Gasteiger partial charge in [-0.05, 0) is 64.1 Å². The molecule has 2 bridgehead atoms. The first-order chi connectivity index (χ1) is 28.3. The van der Waals surface area contributed by atoms with Crippen molar-refractivity contribution in [1.82, 2.24) is 9.88 Å². The molecule has 2 N–H and O–H groups in total.